The number of hydrogen-bond acceptors (Lipinski definition) is 5. The van der Waals surface area contributed by atoms with Crippen LogP contribution in [0.2, 0.25) is 0 Å². The van der Waals surface area contributed by atoms with Crippen LogP contribution in [0.25, 0.3) is 11.4 Å². The van der Waals surface area contributed by atoms with Crippen molar-refractivity contribution in [2.24, 2.45) is 11.7 Å². The van der Waals surface area contributed by atoms with E-state index in [1.807, 2.05) is 13.0 Å². The Hall–Kier alpha value is -1.27. The van der Waals surface area contributed by atoms with Crippen LogP contribution in [0.3, 0.4) is 0 Å². The maximum absolute atomic E-state index is 5.55. The summed E-state index contributed by atoms with van der Waals surface area (Å²) in [5, 5.41) is 3.93. The van der Waals surface area contributed by atoms with Gasteiger partial charge in [-0.15, -0.1) is 0 Å². The Kier molecular flexibility index (Phi) is 3.86. The van der Waals surface area contributed by atoms with Gasteiger partial charge in [-0.3, -0.25) is 4.98 Å². The van der Waals surface area contributed by atoms with E-state index >= 15 is 0 Å². The molecule has 2 aromatic rings. The van der Waals surface area contributed by atoms with Gasteiger partial charge in [0.15, 0.2) is 0 Å². The van der Waals surface area contributed by atoms with E-state index < -0.39 is 0 Å². The molecule has 0 saturated heterocycles. The zero-order valence-corrected chi connectivity index (χ0v) is 11.0. The fourth-order valence-electron chi connectivity index (χ4n) is 1.37. The van der Waals surface area contributed by atoms with Gasteiger partial charge in [0, 0.05) is 28.9 Å². The molecule has 0 aliphatic carbocycles. The first kappa shape index (κ1) is 12.2. The van der Waals surface area contributed by atoms with Crippen LogP contribution < -0.4 is 5.73 Å². The average molecular weight is 297 g/mol. The van der Waals surface area contributed by atoms with Crippen LogP contribution in [-0.2, 0) is 6.42 Å². The van der Waals surface area contributed by atoms with Gasteiger partial charge in [0.05, 0.1) is 0 Å². The molecule has 1 unspecified atom stereocenters. The summed E-state index contributed by atoms with van der Waals surface area (Å²) in [6.07, 6.45) is 4.11. The summed E-state index contributed by atoms with van der Waals surface area (Å²) in [6, 6.07) is 1.90. The molecule has 0 aliphatic rings. The van der Waals surface area contributed by atoms with Crippen molar-refractivity contribution >= 4 is 15.9 Å². The van der Waals surface area contributed by atoms with Crippen molar-refractivity contribution in [3.05, 3.63) is 28.8 Å². The molecular weight excluding hydrogens is 284 g/mol. The zero-order chi connectivity index (χ0) is 12.3. The Morgan fingerprint density at radius 2 is 2.29 bits per heavy atom. The van der Waals surface area contributed by atoms with E-state index in [1.165, 1.54) is 0 Å². The minimum atomic E-state index is 0.337. The van der Waals surface area contributed by atoms with Crippen molar-refractivity contribution in [2.75, 3.05) is 6.54 Å². The lowest BCUT2D eigenvalue weighted by molar-refractivity contribution is 0.360. The number of pyridine rings is 1. The first-order chi connectivity index (χ1) is 8.19. The molecule has 90 valence electrons. The second-order valence-electron chi connectivity index (χ2n) is 3.95. The van der Waals surface area contributed by atoms with Gasteiger partial charge < -0.3 is 10.3 Å². The number of nitrogens with zero attached hydrogens (tertiary/aromatic N) is 3. The third kappa shape index (κ3) is 3.10. The number of halogens is 1. The van der Waals surface area contributed by atoms with E-state index in [1.54, 1.807) is 12.4 Å². The van der Waals surface area contributed by atoms with Crippen LogP contribution in [0.15, 0.2) is 27.5 Å². The van der Waals surface area contributed by atoms with Gasteiger partial charge >= 0.3 is 0 Å². The Morgan fingerprint density at radius 3 is 3.00 bits per heavy atom. The van der Waals surface area contributed by atoms with Crippen molar-refractivity contribution in [3.8, 4) is 11.4 Å². The van der Waals surface area contributed by atoms with Crippen molar-refractivity contribution in [3.63, 3.8) is 0 Å². The molecular formula is C11H13BrN4O. The highest BCUT2D eigenvalue weighted by Gasteiger charge is 2.11. The molecule has 2 N–H and O–H groups in total. The SMILES string of the molecule is CC(CN)Cc1nc(-c2cncc(Br)c2)no1. The van der Waals surface area contributed by atoms with Gasteiger partial charge in [-0.1, -0.05) is 12.1 Å². The molecule has 2 aromatic heterocycles. The molecule has 0 fully saturated rings. The van der Waals surface area contributed by atoms with Gasteiger partial charge in [0.2, 0.25) is 11.7 Å². The van der Waals surface area contributed by atoms with Gasteiger partial charge in [-0.25, -0.2) is 0 Å². The van der Waals surface area contributed by atoms with E-state index in [0.717, 1.165) is 10.0 Å². The molecule has 17 heavy (non-hydrogen) atoms. The normalized spacial score (nSPS) is 12.6. The van der Waals surface area contributed by atoms with E-state index in [9.17, 15) is 0 Å². The Morgan fingerprint density at radius 1 is 1.47 bits per heavy atom. The largest absolute Gasteiger partial charge is 0.339 e. The highest BCUT2D eigenvalue weighted by Crippen LogP contribution is 2.19. The van der Waals surface area contributed by atoms with Crippen LogP contribution in [0.1, 0.15) is 12.8 Å². The number of nitrogens with two attached hydrogens (primary N) is 1. The molecule has 0 aliphatic heterocycles. The molecule has 0 amide bonds. The van der Waals surface area contributed by atoms with Crippen molar-refractivity contribution < 1.29 is 4.52 Å². The van der Waals surface area contributed by atoms with E-state index in [-0.39, 0.29) is 0 Å². The van der Waals surface area contributed by atoms with Gasteiger partial charge in [0.25, 0.3) is 0 Å². The third-order valence-corrected chi connectivity index (χ3v) is 2.79. The fourth-order valence-corrected chi connectivity index (χ4v) is 1.74. The van der Waals surface area contributed by atoms with Crippen molar-refractivity contribution in [1.82, 2.24) is 15.1 Å². The number of aromatic nitrogens is 3. The van der Waals surface area contributed by atoms with Gasteiger partial charge in [-0.05, 0) is 34.5 Å². The predicted octanol–water partition coefficient (Wildman–Crippen LogP) is 2.03. The summed E-state index contributed by atoms with van der Waals surface area (Å²) in [7, 11) is 0. The van der Waals surface area contributed by atoms with Crippen LogP contribution >= 0.6 is 15.9 Å². The Bertz CT molecular complexity index is 500. The maximum Gasteiger partial charge on any atom is 0.227 e. The molecule has 0 bridgehead atoms. The van der Waals surface area contributed by atoms with Crippen LogP contribution in [0.4, 0.5) is 0 Å². The van der Waals surface area contributed by atoms with Gasteiger partial charge in [0.1, 0.15) is 0 Å². The standard InChI is InChI=1S/C11H13BrN4O/c1-7(4-13)2-10-15-11(16-17-10)8-3-9(12)6-14-5-8/h3,5-7H,2,4,13H2,1H3. The highest BCUT2D eigenvalue weighted by molar-refractivity contribution is 9.10. The molecule has 0 radical (unpaired) electrons. The summed E-state index contributed by atoms with van der Waals surface area (Å²) in [6.45, 7) is 2.65. The summed E-state index contributed by atoms with van der Waals surface area (Å²) in [4.78, 5) is 8.37. The number of hydrogen-bond donors (Lipinski definition) is 1. The minimum Gasteiger partial charge on any atom is -0.339 e. The molecule has 0 aromatic carbocycles. The second-order valence-corrected chi connectivity index (χ2v) is 4.86. The molecule has 5 nitrogen and oxygen atoms in total. The topological polar surface area (TPSA) is 77.8 Å². The molecule has 0 saturated carbocycles. The lowest BCUT2D eigenvalue weighted by Crippen LogP contribution is -2.13. The molecule has 1 atom stereocenters. The fraction of sp³-hybridized carbons (Fsp3) is 0.364. The average Bonchev–Trinajstić information content (AvgIpc) is 2.77. The first-order valence-electron chi connectivity index (χ1n) is 5.32. The quantitative estimate of drug-likeness (QED) is 0.934. The summed E-state index contributed by atoms with van der Waals surface area (Å²) in [5.41, 5.74) is 6.38. The molecule has 0 spiro atoms. The summed E-state index contributed by atoms with van der Waals surface area (Å²) in [5.74, 6) is 1.50. The minimum absolute atomic E-state index is 0.337. The molecule has 2 rings (SSSR count). The first-order valence-corrected chi connectivity index (χ1v) is 6.12. The monoisotopic (exact) mass is 296 g/mol. The zero-order valence-electron chi connectivity index (χ0n) is 9.43. The summed E-state index contributed by atoms with van der Waals surface area (Å²) < 4.78 is 6.06. The summed E-state index contributed by atoms with van der Waals surface area (Å²) >= 11 is 3.35. The van der Waals surface area contributed by atoms with E-state index in [0.29, 0.717) is 30.6 Å². The second kappa shape index (κ2) is 5.37. The van der Waals surface area contributed by atoms with Crippen molar-refractivity contribution in [1.29, 1.82) is 0 Å². The number of rotatable bonds is 4. The van der Waals surface area contributed by atoms with Crippen LogP contribution in [0.5, 0.6) is 0 Å². The third-order valence-electron chi connectivity index (χ3n) is 2.36. The predicted molar refractivity (Wildman–Crippen MR) is 67.2 cm³/mol. The van der Waals surface area contributed by atoms with E-state index in [4.69, 9.17) is 10.3 Å². The lowest BCUT2D eigenvalue weighted by atomic mass is 10.1. The van der Waals surface area contributed by atoms with Crippen molar-refractivity contribution in [2.45, 2.75) is 13.3 Å². The molecule has 2 heterocycles. The Balaban J connectivity index is 2.18. The smallest absolute Gasteiger partial charge is 0.227 e. The van der Waals surface area contributed by atoms with E-state index in [2.05, 4.69) is 31.1 Å². The Labute approximate surface area is 108 Å². The highest BCUT2D eigenvalue weighted by atomic mass is 79.9. The molecule has 6 heteroatoms. The van der Waals surface area contributed by atoms with Crippen LogP contribution in [-0.4, -0.2) is 21.7 Å². The lowest BCUT2D eigenvalue weighted by Gasteiger charge is -2.01. The van der Waals surface area contributed by atoms with Gasteiger partial charge in [-0.2, -0.15) is 4.98 Å². The maximum atomic E-state index is 5.55. The van der Waals surface area contributed by atoms with Crippen LogP contribution in [0, 0.1) is 5.92 Å².